The van der Waals surface area contributed by atoms with Crippen molar-refractivity contribution in [2.75, 3.05) is 0 Å². The van der Waals surface area contributed by atoms with E-state index in [1.807, 2.05) is 13.0 Å². The normalized spacial score (nSPS) is 15.3. The molecule has 1 aromatic carbocycles. The number of carboxylic acids is 1. The van der Waals surface area contributed by atoms with E-state index in [1.54, 1.807) is 38.1 Å². The summed E-state index contributed by atoms with van der Waals surface area (Å²) < 4.78 is 0. The third-order valence-corrected chi connectivity index (χ3v) is 3.56. The van der Waals surface area contributed by atoms with Gasteiger partial charge in [0, 0.05) is 5.92 Å². The van der Waals surface area contributed by atoms with Gasteiger partial charge in [-0.15, -0.1) is 0 Å². The summed E-state index contributed by atoms with van der Waals surface area (Å²) in [5.41, 5.74) is -0.747. The summed E-state index contributed by atoms with van der Waals surface area (Å²) in [6.45, 7) is 5.46. The molecule has 0 saturated carbocycles. The van der Waals surface area contributed by atoms with E-state index >= 15 is 0 Å². The SMILES string of the molecule is CCC(C)C(=O)NC(CC)(C(=O)O)c1ccccc1. The second kappa shape index (κ2) is 6.36. The van der Waals surface area contributed by atoms with Crippen molar-refractivity contribution in [1.29, 1.82) is 0 Å². The first kappa shape index (κ1) is 15.2. The van der Waals surface area contributed by atoms with Crippen LogP contribution in [0.2, 0.25) is 0 Å². The van der Waals surface area contributed by atoms with E-state index in [9.17, 15) is 14.7 Å². The Kier molecular flexibility index (Phi) is 5.10. The predicted molar refractivity (Wildman–Crippen MR) is 73.6 cm³/mol. The number of benzene rings is 1. The minimum atomic E-state index is -1.35. The average molecular weight is 263 g/mol. The maximum absolute atomic E-state index is 12.1. The lowest BCUT2D eigenvalue weighted by molar-refractivity contribution is -0.149. The molecule has 19 heavy (non-hydrogen) atoms. The standard InChI is InChI=1S/C15H21NO3/c1-4-11(3)13(17)16-15(5-2,14(18)19)12-9-7-6-8-10-12/h6-11H,4-5H2,1-3H3,(H,16,17)(H,18,19). The molecule has 0 saturated heterocycles. The van der Waals surface area contributed by atoms with Gasteiger partial charge in [0.15, 0.2) is 5.54 Å². The van der Waals surface area contributed by atoms with Gasteiger partial charge in [-0.1, -0.05) is 51.1 Å². The number of carbonyl (C=O) groups excluding carboxylic acids is 1. The van der Waals surface area contributed by atoms with Crippen molar-refractivity contribution in [1.82, 2.24) is 5.32 Å². The molecule has 2 N–H and O–H groups in total. The van der Waals surface area contributed by atoms with Crippen LogP contribution in [0, 0.1) is 5.92 Å². The van der Waals surface area contributed by atoms with Crippen LogP contribution in [0.1, 0.15) is 39.2 Å². The Bertz CT molecular complexity index is 444. The zero-order valence-electron chi connectivity index (χ0n) is 11.6. The highest BCUT2D eigenvalue weighted by Gasteiger charge is 2.40. The van der Waals surface area contributed by atoms with Gasteiger partial charge in [0.2, 0.25) is 5.91 Å². The molecule has 0 aliphatic heterocycles. The summed E-state index contributed by atoms with van der Waals surface area (Å²) in [5.74, 6) is -1.46. The van der Waals surface area contributed by atoms with E-state index in [4.69, 9.17) is 0 Å². The predicted octanol–water partition coefficient (Wildman–Crippen LogP) is 2.54. The molecule has 0 aliphatic carbocycles. The molecule has 4 nitrogen and oxygen atoms in total. The average Bonchev–Trinajstić information content (AvgIpc) is 2.44. The molecule has 1 amide bonds. The first-order valence-electron chi connectivity index (χ1n) is 6.58. The van der Waals surface area contributed by atoms with Crippen molar-refractivity contribution in [3.8, 4) is 0 Å². The fraction of sp³-hybridized carbons (Fsp3) is 0.467. The maximum Gasteiger partial charge on any atom is 0.334 e. The molecule has 2 atom stereocenters. The first-order valence-corrected chi connectivity index (χ1v) is 6.58. The topological polar surface area (TPSA) is 66.4 Å². The lowest BCUT2D eigenvalue weighted by Crippen LogP contribution is -2.52. The zero-order chi connectivity index (χ0) is 14.5. The van der Waals surface area contributed by atoms with Gasteiger partial charge in [-0.3, -0.25) is 4.79 Å². The zero-order valence-corrected chi connectivity index (χ0v) is 11.6. The maximum atomic E-state index is 12.1. The Hall–Kier alpha value is -1.84. The molecule has 0 fully saturated rings. The van der Waals surface area contributed by atoms with E-state index in [0.29, 0.717) is 18.4 Å². The highest BCUT2D eigenvalue weighted by atomic mass is 16.4. The van der Waals surface area contributed by atoms with Crippen molar-refractivity contribution in [2.45, 2.75) is 39.2 Å². The van der Waals surface area contributed by atoms with Gasteiger partial charge >= 0.3 is 5.97 Å². The van der Waals surface area contributed by atoms with Gasteiger partial charge < -0.3 is 10.4 Å². The molecular weight excluding hydrogens is 242 g/mol. The number of nitrogens with one attached hydrogen (secondary N) is 1. The number of carbonyl (C=O) groups is 2. The van der Waals surface area contributed by atoms with Crippen LogP contribution >= 0.6 is 0 Å². The second-order valence-corrected chi connectivity index (χ2v) is 4.73. The molecule has 0 radical (unpaired) electrons. The molecule has 0 aliphatic rings. The van der Waals surface area contributed by atoms with E-state index in [1.165, 1.54) is 0 Å². The minimum Gasteiger partial charge on any atom is -0.479 e. The Labute approximate surface area is 113 Å². The molecule has 1 rings (SSSR count). The molecule has 0 spiro atoms. The van der Waals surface area contributed by atoms with Gasteiger partial charge in [-0.25, -0.2) is 4.79 Å². The van der Waals surface area contributed by atoms with Crippen LogP contribution in [-0.2, 0) is 15.1 Å². The quantitative estimate of drug-likeness (QED) is 0.828. The number of carboxylic acid groups (broad SMARTS) is 1. The lowest BCUT2D eigenvalue weighted by Gasteiger charge is -2.31. The van der Waals surface area contributed by atoms with Crippen molar-refractivity contribution in [3.63, 3.8) is 0 Å². The molecule has 2 unspecified atom stereocenters. The fourth-order valence-electron chi connectivity index (χ4n) is 1.93. The summed E-state index contributed by atoms with van der Waals surface area (Å²) in [6, 6.07) is 8.83. The van der Waals surface area contributed by atoms with Crippen LogP contribution in [0.15, 0.2) is 30.3 Å². The number of aliphatic carboxylic acids is 1. The van der Waals surface area contributed by atoms with E-state index in [-0.39, 0.29) is 11.8 Å². The third kappa shape index (κ3) is 3.13. The fourth-order valence-corrected chi connectivity index (χ4v) is 1.93. The molecule has 1 aromatic rings. The largest absolute Gasteiger partial charge is 0.479 e. The van der Waals surface area contributed by atoms with Crippen molar-refractivity contribution >= 4 is 11.9 Å². The summed E-state index contributed by atoms with van der Waals surface area (Å²) in [4.78, 5) is 23.7. The highest BCUT2D eigenvalue weighted by molar-refractivity contribution is 5.89. The van der Waals surface area contributed by atoms with Gasteiger partial charge in [-0.2, -0.15) is 0 Å². The second-order valence-electron chi connectivity index (χ2n) is 4.73. The van der Waals surface area contributed by atoms with Crippen LogP contribution in [0.4, 0.5) is 0 Å². The van der Waals surface area contributed by atoms with Crippen LogP contribution < -0.4 is 5.32 Å². The van der Waals surface area contributed by atoms with Crippen LogP contribution in [0.3, 0.4) is 0 Å². The van der Waals surface area contributed by atoms with E-state index in [0.717, 1.165) is 0 Å². The Morgan fingerprint density at radius 3 is 2.26 bits per heavy atom. The smallest absolute Gasteiger partial charge is 0.334 e. The molecule has 104 valence electrons. The molecule has 4 heteroatoms. The number of rotatable bonds is 6. The summed E-state index contributed by atoms with van der Waals surface area (Å²) >= 11 is 0. The number of hydrogen-bond acceptors (Lipinski definition) is 2. The molecule has 0 aromatic heterocycles. The Morgan fingerprint density at radius 2 is 1.84 bits per heavy atom. The molecule has 0 heterocycles. The number of hydrogen-bond donors (Lipinski definition) is 2. The monoisotopic (exact) mass is 263 g/mol. The third-order valence-electron chi connectivity index (χ3n) is 3.56. The summed E-state index contributed by atoms with van der Waals surface area (Å²) in [7, 11) is 0. The summed E-state index contributed by atoms with van der Waals surface area (Å²) in [5, 5.41) is 12.3. The molecular formula is C15H21NO3. The van der Waals surface area contributed by atoms with Crippen molar-refractivity contribution in [2.24, 2.45) is 5.92 Å². The van der Waals surface area contributed by atoms with Crippen LogP contribution in [0.5, 0.6) is 0 Å². The van der Waals surface area contributed by atoms with E-state index in [2.05, 4.69) is 5.32 Å². The van der Waals surface area contributed by atoms with Crippen LogP contribution in [-0.4, -0.2) is 17.0 Å². The number of amides is 1. The minimum absolute atomic E-state index is 0.200. The first-order chi connectivity index (χ1) is 8.97. The Balaban J connectivity index is 3.14. The molecule has 0 bridgehead atoms. The highest BCUT2D eigenvalue weighted by Crippen LogP contribution is 2.26. The Morgan fingerprint density at radius 1 is 1.26 bits per heavy atom. The summed E-state index contributed by atoms with van der Waals surface area (Å²) in [6.07, 6.45) is 0.981. The lowest BCUT2D eigenvalue weighted by atomic mass is 9.86. The van der Waals surface area contributed by atoms with E-state index < -0.39 is 11.5 Å². The van der Waals surface area contributed by atoms with Gasteiger partial charge in [0.1, 0.15) is 0 Å². The van der Waals surface area contributed by atoms with Gasteiger partial charge in [-0.05, 0) is 18.4 Å². The van der Waals surface area contributed by atoms with Gasteiger partial charge in [0.25, 0.3) is 0 Å². The van der Waals surface area contributed by atoms with Gasteiger partial charge in [0.05, 0.1) is 0 Å². The van der Waals surface area contributed by atoms with Crippen molar-refractivity contribution < 1.29 is 14.7 Å². The van der Waals surface area contributed by atoms with Crippen LogP contribution in [0.25, 0.3) is 0 Å². The van der Waals surface area contributed by atoms with Crippen molar-refractivity contribution in [3.05, 3.63) is 35.9 Å².